The third kappa shape index (κ3) is 3.12. The summed E-state index contributed by atoms with van der Waals surface area (Å²) in [6.45, 7) is 9.22. The molecule has 0 amide bonds. The van der Waals surface area contributed by atoms with Gasteiger partial charge >= 0.3 is 0 Å². The maximum absolute atomic E-state index is 13.8. The summed E-state index contributed by atoms with van der Waals surface area (Å²) in [4.78, 5) is 4.70. The number of benzene rings is 1. The predicted molar refractivity (Wildman–Crippen MR) is 88.7 cm³/mol. The molecule has 0 saturated carbocycles. The van der Waals surface area contributed by atoms with Crippen LogP contribution in [0, 0.1) is 5.82 Å². The van der Waals surface area contributed by atoms with E-state index in [1.54, 1.807) is 6.07 Å². The first-order chi connectivity index (χ1) is 9.75. The van der Waals surface area contributed by atoms with Crippen molar-refractivity contribution < 1.29 is 4.39 Å². The molecule has 0 spiro atoms. The minimum absolute atomic E-state index is 0.116. The van der Waals surface area contributed by atoms with E-state index in [0.717, 1.165) is 18.8 Å². The molecule has 0 radical (unpaired) electrons. The number of aromatic nitrogens is 2. The second-order valence-corrected chi connectivity index (χ2v) is 7.05. The Hall–Kier alpha value is -1.36. The van der Waals surface area contributed by atoms with E-state index in [9.17, 15) is 4.39 Å². The van der Waals surface area contributed by atoms with Crippen LogP contribution in [0.1, 0.15) is 39.9 Å². The van der Waals surface area contributed by atoms with Crippen LogP contribution in [0.5, 0.6) is 0 Å². The lowest BCUT2D eigenvalue weighted by molar-refractivity contribution is 0.498. The minimum atomic E-state index is -0.311. The normalized spacial score (nSPS) is 11.9. The van der Waals surface area contributed by atoms with Crippen LogP contribution in [0.4, 0.5) is 10.2 Å². The van der Waals surface area contributed by atoms with Crippen LogP contribution in [0.2, 0.25) is 0 Å². The topological polar surface area (TPSA) is 43.8 Å². The van der Waals surface area contributed by atoms with Gasteiger partial charge in [0, 0.05) is 17.5 Å². The Kier molecular flexibility index (Phi) is 4.42. The van der Waals surface area contributed by atoms with Crippen LogP contribution >= 0.6 is 15.9 Å². The summed E-state index contributed by atoms with van der Waals surface area (Å²) in [7, 11) is 0. The number of nitrogens with zero attached hydrogens (tertiary/aromatic N) is 2. The second kappa shape index (κ2) is 5.79. The number of hydrogen-bond acceptors (Lipinski definition) is 2. The molecule has 5 heteroatoms. The molecule has 2 rings (SSSR count). The zero-order valence-electron chi connectivity index (χ0n) is 12.9. The molecule has 1 aromatic carbocycles. The van der Waals surface area contributed by atoms with Crippen molar-refractivity contribution in [1.29, 1.82) is 0 Å². The number of halogens is 2. The van der Waals surface area contributed by atoms with E-state index in [0.29, 0.717) is 21.5 Å². The molecule has 3 nitrogen and oxygen atoms in total. The molecule has 0 bridgehead atoms. The van der Waals surface area contributed by atoms with Crippen molar-refractivity contribution in [3.05, 3.63) is 34.3 Å². The summed E-state index contributed by atoms with van der Waals surface area (Å²) in [6, 6.07) is 4.97. The van der Waals surface area contributed by atoms with Crippen molar-refractivity contribution in [2.75, 3.05) is 5.73 Å². The number of rotatable bonds is 3. The number of hydrogen-bond donors (Lipinski definition) is 1. The zero-order valence-corrected chi connectivity index (χ0v) is 14.5. The van der Waals surface area contributed by atoms with E-state index in [2.05, 4.69) is 43.6 Å². The van der Waals surface area contributed by atoms with Gasteiger partial charge in [0.05, 0.1) is 4.47 Å². The molecule has 0 saturated heterocycles. The maximum atomic E-state index is 13.8. The molecule has 114 valence electrons. The van der Waals surface area contributed by atoms with Crippen molar-refractivity contribution in [3.8, 4) is 11.3 Å². The van der Waals surface area contributed by atoms with Crippen LogP contribution < -0.4 is 5.73 Å². The van der Waals surface area contributed by atoms with Crippen LogP contribution in [-0.2, 0) is 12.0 Å². The predicted octanol–water partition coefficient (Wildman–Crippen LogP) is 4.74. The van der Waals surface area contributed by atoms with Crippen molar-refractivity contribution in [2.45, 2.75) is 46.1 Å². The van der Waals surface area contributed by atoms with Crippen molar-refractivity contribution in [3.63, 3.8) is 0 Å². The smallest absolute Gasteiger partial charge is 0.138 e. The zero-order chi connectivity index (χ0) is 15.8. The van der Waals surface area contributed by atoms with E-state index in [-0.39, 0.29) is 11.2 Å². The third-order valence-corrected chi connectivity index (χ3v) is 3.96. The van der Waals surface area contributed by atoms with Crippen LogP contribution in [0.15, 0.2) is 22.7 Å². The Labute approximate surface area is 133 Å². The maximum Gasteiger partial charge on any atom is 0.138 e. The fraction of sp³-hybridized carbons (Fsp3) is 0.438. The number of nitrogens with two attached hydrogens (primary N) is 1. The highest BCUT2D eigenvalue weighted by molar-refractivity contribution is 9.10. The molecule has 0 fully saturated rings. The average molecular weight is 354 g/mol. The summed E-state index contributed by atoms with van der Waals surface area (Å²) in [5.74, 6) is 1.22. The van der Waals surface area contributed by atoms with Gasteiger partial charge in [0.1, 0.15) is 23.2 Å². The lowest BCUT2D eigenvalue weighted by Crippen LogP contribution is -2.19. The average Bonchev–Trinajstić information content (AvgIpc) is 2.71. The van der Waals surface area contributed by atoms with E-state index >= 15 is 0 Å². The monoisotopic (exact) mass is 353 g/mol. The van der Waals surface area contributed by atoms with Gasteiger partial charge in [0.15, 0.2) is 0 Å². The van der Waals surface area contributed by atoms with Gasteiger partial charge in [0.25, 0.3) is 0 Å². The quantitative estimate of drug-likeness (QED) is 0.865. The molecule has 0 aliphatic rings. The standard InChI is InChI=1S/C16H21BrFN3/c1-5-8-21-14(19)13(20-15(21)16(2,3)4)10-6-7-11(17)12(18)9-10/h6-7,9H,5,8,19H2,1-4H3. The fourth-order valence-electron chi connectivity index (χ4n) is 2.34. The molecular formula is C16H21BrFN3. The minimum Gasteiger partial charge on any atom is -0.383 e. The van der Waals surface area contributed by atoms with Crippen LogP contribution in [0.25, 0.3) is 11.3 Å². The molecule has 0 unspecified atom stereocenters. The van der Waals surface area contributed by atoms with Gasteiger partial charge in [-0.05, 0) is 34.5 Å². The van der Waals surface area contributed by atoms with E-state index in [1.807, 2.05) is 10.6 Å². The first-order valence-corrected chi connectivity index (χ1v) is 7.87. The lowest BCUT2D eigenvalue weighted by Gasteiger charge is -2.19. The summed E-state index contributed by atoms with van der Waals surface area (Å²) in [6.07, 6.45) is 0.970. The van der Waals surface area contributed by atoms with Gasteiger partial charge in [-0.3, -0.25) is 0 Å². The molecule has 0 atom stereocenters. The number of nitrogen functional groups attached to an aromatic ring is 1. The van der Waals surface area contributed by atoms with E-state index < -0.39 is 0 Å². The molecule has 0 aliphatic carbocycles. The highest BCUT2D eigenvalue weighted by Gasteiger charge is 2.25. The molecular weight excluding hydrogens is 333 g/mol. The Morgan fingerprint density at radius 3 is 2.52 bits per heavy atom. The van der Waals surface area contributed by atoms with Gasteiger partial charge in [-0.15, -0.1) is 0 Å². The van der Waals surface area contributed by atoms with Crippen molar-refractivity contribution in [2.24, 2.45) is 0 Å². The van der Waals surface area contributed by atoms with Gasteiger partial charge in [-0.25, -0.2) is 9.37 Å². The Morgan fingerprint density at radius 2 is 2.00 bits per heavy atom. The Balaban J connectivity index is 2.61. The molecule has 21 heavy (non-hydrogen) atoms. The van der Waals surface area contributed by atoms with E-state index in [4.69, 9.17) is 10.7 Å². The van der Waals surface area contributed by atoms with Crippen LogP contribution in [0.3, 0.4) is 0 Å². The highest BCUT2D eigenvalue weighted by atomic mass is 79.9. The SMILES string of the molecule is CCCn1c(C(C)(C)C)nc(-c2ccc(Br)c(F)c2)c1N. The van der Waals surface area contributed by atoms with E-state index in [1.165, 1.54) is 6.07 Å². The molecule has 2 aromatic rings. The first-order valence-electron chi connectivity index (χ1n) is 7.07. The number of imidazole rings is 1. The van der Waals surface area contributed by atoms with Gasteiger partial charge in [-0.2, -0.15) is 0 Å². The molecule has 0 aliphatic heterocycles. The largest absolute Gasteiger partial charge is 0.383 e. The number of anilines is 1. The summed E-state index contributed by atoms with van der Waals surface area (Å²) in [5.41, 5.74) is 7.51. The lowest BCUT2D eigenvalue weighted by atomic mass is 9.95. The molecule has 1 heterocycles. The van der Waals surface area contributed by atoms with Gasteiger partial charge in [-0.1, -0.05) is 33.8 Å². The summed E-state index contributed by atoms with van der Waals surface area (Å²) in [5, 5.41) is 0. The second-order valence-electron chi connectivity index (χ2n) is 6.20. The third-order valence-electron chi connectivity index (χ3n) is 3.32. The fourth-order valence-corrected chi connectivity index (χ4v) is 2.59. The molecule has 1 aromatic heterocycles. The Bertz CT molecular complexity index is 656. The van der Waals surface area contributed by atoms with Crippen molar-refractivity contribution in [1.82, 2.24) is 9.55 Å². The summed E-state index contributed by atoms with van der Waals surface area (Å²) < 4.78 is 16.2. The van der Waals surface area contributed by atoms with Gasteiger partial charge < -0.3 is 10.3 Å². The molecule has 2 N–H and O–H groups in total. The van der Waals surface area contributed by atoms with Crippen LogP contribution in [-0.4, -0.2) is 9.55 Å². The van der Waals surface area contributed by atoms with Crippen molar-refractivity contribution >= 4 is 21.7 Å². The first kappa shape index (κ1) is 16.0. The highest BCUT2D eigenvalue weighted by Crippen LogP contribution is 2.33. The van der Waals surface area contributed by atoms with Gasteiger partial charge in [0.2, 0.25) is 0 Å². The Morgan fingerprint density at radius 1 is 1.33 bits per heavy atom. The summed E-state index contributed by atoms with van der Waals surface area (Å²) >= 11 is 3.16.